The van der Waals surface area contributed by atoms with Crippen LogP contribution in [0, 0.1) is 5.41 Å². The second kappa shape index (κ2) is 9.23. The Morgan fingerprint density at radius 1 is 1.24 bits per heavy atom. The van der Waals surface area contributed by atoms with E-state index >= 15 is 0 Å². The summed E-state index contributed by atoms with van der Waals surface area (Å²) in [5.41, 5.74) is 5.24. The van der Waals surface area contributed by atoms with E-state index in [9.17, 15) is 9.59 Å². The van der Waals surface area contributed by atoms with Gasteiger partial charge in [-0.05, 0) is 12.8 Å². The molecule has 1 fully saturated rings. The van der Waals surface area contributed by atoms with Crippen LogP contribution in [0.3, 0.4) is 0 Å². The number of hydrogen-bond acceptors (Lipinski definition) is 4. The number of likely N-dealkylation sites (N-methyl/N-ethyl adjacent to an activating group) is 1. The topological polar surface area (TPSA) is 75.9 Å². The van der Waals surface area contributed by atoms with Crippen molar-refractivity contribution in [1.82, 2.24) is 9.80 Å². The van der Waals surface area contributed by atoms with Crippen LogP contribution in [0.25, 0.3) is 0 Å². The van der Waals surface area contributed by atoms with Crippen LogP contribution >= 0.6 is 12.4 Å². The summed E-state index contributed by atoms with van der Waals surface area (Å²) in [6.45, 7) is 6.70. The summed E-state index contributed by atoms with van der Waals surface area (Å²) in [6.07, 6.45) is 1.38. The van der Waals surface area contributed by atoms with Crippen molar-refractivity contribution >= 4 is 24.2 Å². The Morgan fingerprint density at radius 3 is 2.19 bits per heavy atom. The number of carbonyl (C=O) groups excluding carboxylic acids is 2. The highest BCUT2D eigenvalue weighted by molar-refractivity contribution is 5.88. The minimum Gasteiger partial charge on any atom is -0.378 e. The molecule has 124 valence electrons. The summed E-state index contributed by atoms with van der Waals surface area (Å²) in [6, 6.07) is 0. The zero-order chi connectivity index (χ0) is 15.2. The molecule has 0 bridgehead atoms. The first-order valence-corrected chi connectivity index (χ1v) is 7.32. The van der Waals surface area contributed by atoms with Gasteiger partial charge in [0.1, 0.15) is 0 Å². The Kier molecular flexibility index (Phi) is 8.85. The van der Waals surface area contributed by atoms with Crippen molar-refractivity contribution < 1.29 is 14.3 Å². The lowest BCUT2D eigenvalue weighted by Gasteiger charge is -2.34. The lowest BCUT2D eigenvalue weighted by Crippen LogP contribution is -2.51. The molecule has 0 aromatic rings. The van der Waals surface area contributed by atoms with Gasteiger partial charge in [0.25, 0.3) is 0 Å². The SMILES string of the molecule is CCC(CC)(CN)C(=O)N(C)CC(=O)N1CCOCC1.Cl. The smallest absolute Gasteiger partial charge is 0.242 e. The molecule has 1 rings (SSSR count). The van der Waals surface area contributed by atoms with Gasteiger partial charge in [-0.3, -0.25) is 9.59 Å². The Morgan fingerprint density at radius 2 is 1.76 bits per heavy atom. The molecule has 0 spiro atoms. The second-order valence-electron chi connectivity index (χ2n) is 5.35. The maximum absolute atomic E-state index is 12.5. The van der Waals surface area contributed by atoms with Crippen molar-refractivity contribution in [2.75, 3.05) is 46.4 Å². The van der Waals surface area contributed by atoms with Crippen molar-refractivity contribution in [2.45, 2.75) is 26.7 Å². The normalized spacial score (nSPS) is 15.3. The molecule has 0 saturated carbocycles. The maximum Gasteiger partial charge on any atom is 0.242 e. The average molecular weight is 322 g/mol. The first kappa shape index (κ1) is 20.1. The number of carbonyl (C=O) groups is 2. The van der Waals surface area contributed by atoms with E-state index in [-0.39, 0.29) is 30.8 Å². The minimum atomic E-state index is -0.542. The molecule has 2 amide bonds. The lowest BCUT2D eigenvalue weighted by molar-refractivity contribution is -0.147. The number of morpholine rings is 1. The third kappa shape index (κ3) is 4.83. The summed E-state index contributed by atoms with van der Waals surface area (Å²) >= 11 is 0. The van der Waals surface area contributed by atoms with Gasteiger partial charge >= 0.3 is 0 Å². The fourth-order valence-electron chi connectivity index (χ4n) is 2.52. The van der Waals surface area contributed by atoms with Crippen LogP contribution in [0.15, 0.2) is 0 Å². The van der Waals surface area contributed by atoms with E-state index in [4.69, 9.17) is 10.5 Å². The van der Waals surface area contributed by atoms with Gasteiger partial charge in [-0.25, -0.2) is 0 Å². The van der Waals surface area contributed by atoms with E-state index in [1.807, 2.05) is 13.8 Å². The molecule has 1 aliphatic rings. The Hall–Kier alpha value is -0.850. The quantitative estimate of drug-likeness (QED) is 0.772. The Balaban J connectivity index is 0.00000400. The number of ether oxygens (including phenoxy) is 1. The second-order valence-corrected chi connectivity index (χ2v) is 5.35. The monoisotopic (exact) mass is 321 g/mol. The predicted molar refractivity (Wildman–Crippen MR) is 84.4 cm³/mol. The van der Waals surface area contributed by atoms with Crippen LogP contribution in [-0.2, 0) is 14.3 Å². The minimum absolute atomic E-state index is 0. The van der Waals surface area contributed by atoms with E-state index in [1.54, 1.807) is 11.9 Å². The molecule has 1 heterocycles. The summed E-state index contributed by atoms with van der Waals surface area (Å²) in [4.78, 5) is 27.9. The molecule has 0 aromatic heterocycles. The summed E-state index contributed by atoms with van der Waals surface area (Å²) in [5, 5.41) is 0. The van der Waals surface area contributed by atoms with Gasteiger partial charge in [-0.1, -0.05) is 13.8 Å². The molecule has 0 aromatic carbocycles. The van der Waals surface area contributed by atoms with Crippen molar-refractivity contribution in [3.05, 3.63) is 0 Å². The maximum atomic E-state index is 12.5. The number of nitrogens with zero attached hydrogens (tertiary/aromatic N) is 2. The molecule has 6 nitrogen and oxygen atoms in total. The summed E-state index contributed by atoms with van der Waals surface area (Å²) < 4.78 is 5.22. The Labute approximate surface area is 133 Å². The van der Waals surface area contributed by atoms with Gasteiger partial charge < -0.3 is 20.3 Å². The largest absolute Gasteiger partial charge is 0.378 e. The van der Waals surface area contributed by atoms with Crippen LogP contribution < -0.4 is 5.73 Å². The van der Waals surface area contributed by atoms with Gasteiger partial charge in [-0.15, -0.1) is 12.4 Å². The molecule has 2 N–H and O–H groups in total. The van der Waals surface area contributed by atoms with E-state index in [0.717, 1.165) is 0 Å². The molecule has 1 aliphatic heterocycles. The van der Waals surface area contributed by atoms with E-state index in [0.29, 0.717) is 45.7 Å². The standard InChI is InChI=1S/C14H27N3O3.ClH/c1-4-14(5-2,11-15)13(19)16(3)10-12(18)17-6-8-20-9-7-17;/h4-11,15H2,1-3H3;1H. The third-order valence-electron chi connectivity index (χ3n) is 4.28. The van der Waals surface area contributed by atoms with Crippen LogP contribution in [0.2, 0.25) is 0 Å². The molecular weight excluding hydrogens is 294 g/mol. The molecule has 21 heavy (non-hydrogen) atoms. The Bertz CT molecular complexity index is 334. The van der Waals surface area contributed by atoms with Crippen LogP contribution in [-0.4, -0.2) is 68.1 Å². The molecule has 0 atom stereocenters. The molecule has 0 radical (unpaired) electrons. The van der Waals surface area contributed by atoms with Crippen LogP contribution in [0.4, 0.5) is 0 Å². The molecule has 7 heteroatoms. The van der Waals surface area contributed by atoms with Gasteiger partial charge in [0.2, 0.25) is 11.8 Å². The number of nitrogens with two attached hydrogens (primary N) is 1. The van der Waals surface area contributed by atoms with Crippen molar-refractivity contribution in [3.63, 3.8) is 0 Å². The predicted octanol–water partition coefficient (Wildman–Crippen LogP) is 0.491. The summed E-state index contributed by atoms with van der Waals surface area (Å²) in [5.74, 6) is -0.0612. The first-order chi connectivity index (χ1) is 9.50. The molecule has 1 saturated heterocycles. The van der Waals surface area contributed by atoms with Gasteiger partial charge in [0.05, 0.1) is 25.2 Å². The number of rotatable bonds is 6. The fraction of sp³-hybridized carbons (Fsp3) is 0.857. The number of hydrogen-bond donors (Lipinski definition) is 1. The first-order valence-electron chi connectivity index (χ1n) is 7.32. The highest BCUT2D eigenvalue weighted by Gasteiger charge is 2.36. The van der Waals surface area contributed by atoms with Crippen LogP contribution in [0.5, 0.6) is 0 Å². The highest BCUT2D eigenvalue weighted by atomic mass is 35.5. The highest BCUT2D eigenvalue weighted by Crippen LogP contribution is 2.27. The number of amides is 2. The lowest BCUT2D eigenvalue weighted by atomic mass is 9.81. The zero-order valence-electron chi connectivity index (χ0n) is 13.3. The van der Waals surface area contributed by atoms with Gasteiger partial charge in [0.15, 0.2) is 0 Å². The van der Waals surface area contributed by atoms with Crippen LogP contribution in [0.1, 0.15) is 26.7 Å². The average Bonchev–Trinajstić information content (AvgIpc) is 2.50. The molecular formula is C14H28ClN3O3. The van der Waals surface area contributed by atoms with E-state index in [2.05, 4.69) is 0 Å². The van der Waals surface area contributed by atoms with Crippen molar-refractivity contribution in [2.24, 2.45) is 11.1 Å². The fourth-order valence-corrected chi connectivity index (χ4v) is 2.52. The van der Waals surface area contributed by atoms with Gasteiger partial charge in [0, 0.05) is 26.7 Å². The van der Waals surface area contributed by atoms with E-state index in [1.165, 1.54) is 4.90 Å². The van der Waals surface area contributed by atoms with E-state index < -0.39 is 5.41 Å². The van der Waals surface area contributed by atoms with Crippen molar-refractivity contribution in [3.8, 4) is 0 Å². The molecule has 0 aliphatic carbocycles. The zero-order valence-corrected chi connectivity index (χ0v) is 14.1. The van der Waals surface area contributed by atoms with Crippen molar-refractivity contribution in [1.29, 1.82) is 0 Å². The van der Waals surface area contributed by atoms with Gasteiger partial charge in [-0.2, -0.15) is 0 Å². The molecule has 0 unspecified atom stereocenters. The summed E-state index contributed by atoms with van der Waals surface area (Å²) in [7, 11) is 1.68. The third-order valence-corrected chi connectivity index (χ3v) is 4.28. The number of halogens is 1.